The van der Waals surface area contributed by atoms with Gasteiger partial charge in [-0.25, -0.2) is 0 Å². The first-order valence-electron chi connectivity index (χ1n) is 9.99. The van der Waals surface area contributed by atoms with Gasteiger partial charge in [0.15, 0.2) is 6.61 Å². The molecule has 1 N–H and O–H groups in total. The van der Waals surface area contributed by atoms with Crippen molar-refractivity contribution in [1.29, 1.82) is 0 Å². The number of rotatable bonds is 7. The first-order valence-corrected chi connectivity index (χ1v) is 9.99. The van der Waals surface area contributed by atoms with E-state index in [9.17, 15) is 9.59 Å². The molecule has 0 saturated carbocycles. The molecule has 5 nitrogen and oxygen atoms in total. The fraction of sp³-hybridized carbons (Fsp3) is 0.391. The van der Waals surface area contributed by atoms with Gasteiger partial charge >= 0.3 is 0 Å². The maximum Gasteiger partial charge on any atom is 0.262 e. The minimum Gasteiger partial charge on any atom is -0.483 e. The normalized spacial score (nSPS) is 14.6. The van der Waals surface area contributed by atoms with E-state index in [1.165, 1.54) is 0 Å². The first kappa shape index (κ1) is 19.9. The lowest BCUT2D eigenvalue weighted by Gasteiger charge is -2.16. The molecule has 28 heavy (non-hydrogen) atoms. The molecule has 0 aliphatic carbocycles. The summed E-state index contributed by atoms with van der Waals surface area (Å²) in [7, 11) is 0. The van der Waals surface area contributed by atoms with Crippen molar-refractivity contribution in [2.24, 2.45) is 0 Å². The quantitative estimate of drug-likeness (QED) is 0.772. The van der Waals surface area contributed by atoms with Crippen LogP contribution < -0.4 is 10.1 Å². The number of para-hydroxylation sites is 1. The van der Waals surface area contributed by atoms with Gasteiger partial charge in [-0.05, 0) is 61.1 Å². The minimum atomic E-state index is -0.224. The molecule has 2 amide bonds. The Bertz CT molecular complexity index is 811. The topological polar surface area (TPSA) is 58.6 Å². The second kappa shape index (κ2) is 9.40. The summed E-state index contributed by atoms with van der Waals surface area (Å²) < 4.78 is 5.75. The lowest BCUT2D eigenvalue weighted by Crippen LogP contribution is -2.27. The van der Waals surface area contributed by atoms with Gasteiger partial charge in [-0.15, -0.1) is 0 Å². The third kappa shape index (κ3) is 4.91. The average Bonchev–Trinajstić information content (AvgIpc) is 3.27. The van der Waals surface area contributed by atoms with Crippen LogP contribution in [0, 0.1) is 0 Å². The van der Waals surface area contributed by atoms with Crippen LogP contribution in [0.1, 0.15) is 54.9 Å². The monoisotopic (exact) mass is 380 g/mol. The third-order valence-corrected chi connectivity index (χ3v) is 5.23. The van der Waals surface area contributed by atoms with Gasteiger partial charge in [-0.3, -0.25) is 9.59 Å². The van der Waals surface area contributed by atoms with E-state index in [0.717, 1.165) is 43.7 Å². The summed E-state index contributed by atoms with van der Waals surface area (Å²) >= 11 is 0. The van der Waals surface area contributed by atoms with Gasteiger partial charge in [0, 0.05) is 24.3 Å². The van der Waals surface area contributed by atoms with E-state index in [4.69, 9.17) is 4.74 Å². The average molecular weight is 380 g/mol. The van der Waals surface area contributed by atoms with E-state index < -0.39 is 0 Å². The van der Waals surface area contributed by atoms with Gasteiger partial charge in [0.1, 0.15) is 5.75 Å². The van der Waals surface area contributed by atoms with Crippen molar-refractivity contribution in [3.8, 4) is 5.75 Å². The summed E-state index contributed by atoms with van der Waals surface area (Å²) in [5.74, 6) is 0.955. The van der Waals surface area contributed by atoms with Gasteiger partial charge in [-0.2, -0.15) is 0 Å². The number of carbonyl (C=O) groups is 2. The zero-order chi connectivity index (χ0) is 19.9. The number of benzene rings is 2. The first-order chi connectivity index (χ1) is 13.6. The molecule has 2 aromatic carbocycles. The van der Waals surface area contributed by atoms with Crippen LogP contribution in [-0.2, 0) is 4.79 Å². The van der Waals surface area contributed by atoms with Crippen LogP contribution >= 0.6 is 0 Å². The second-order valence-corrected chi connectivity index (χ2v) is 7.26. The number of likely N-dealkylation sites (tertiary alicyclic amines) is 1. The Labute approximate surface area is 166 Å². The fourth-order valence-electron chi connectivity index (χ4n) is 3.38. The SMILES string of the molecule is CC[C@@H](C)c1ccccc1OCC(=O)Nc1ccc(C(=O)N2CCCC2)cc1. The Kier molecular flexibility index (Phi) is 6.69. The smallest absolute Gasteiger partial charge is 0.262 e. The molecule has 0 bridgehead atoms. The molecule has 0 unspecified atom stereocenters. The highest BCUT2D eigenvalue weighted by Crippen LogP contribution is 2.28. The molecule has 0 aromatic heterocycles. The highest BCUT2D eigenvalue weighted by Gasteiger charge is 2.19. The summed E-state index contributed by atoms with van der Waals surface area (Å²) in [6.45, 7) is 5.88. The number of nitrogens with one attached hydrogen (secondary N) is 1. The Morgan fingerprint density at radius 1 is 1.07 bits per heavy atom. The lowest BCUT2D eigenvalue weighted by atomic mass is 9.98. The molecule has 3 rings (SSSR count). The molecular weight excluding hydrogens is 352 g/mol. The molecule has 1 heterocycles. The van der Waals surface area contributed by atoms with Crippen molar-refractivity contribution in [3.05, 3.63) is 59.7 Å². The van der Waals surface area contributed by atoms with Gasteiger partial charge in [-0.1, -0.05) is 32.0 Å². The maximum atomic E-state index is 12.4. The molecule has 0 radical (unpaired) electrons. The van der Waals surface area contributed by atoms with Crippen LogP contribution in [-0.4, -0.2) is 36.4 Å². The summed E-state index contributed by atoms with van der Waals surface area (Å²) in [6.07, 6.45) is 3.15. The second-order valence-electron chi connectivity index (χ2n) is 7.26. The van der Waals surface area contributed by atoms with Gasteiger partial charge in [0.25, 0.3) is 11.8 Å². The predicted molar refractivity (Wildman–Crippen MR) is 111 cm³/mol. The van der Waals surface area contributed by atoms with E-state index in [2.05, 4.69) is 19.2 Å². The summed E-state index contributed by atoms with van der Waals surface area (Å²) in [5, 5.41) is 2.82. The molecule has 1 fully saturated rings. The van der Waals surface area contributed by atoms with E-state index in [0.29, 0.717) is 17.2 Å². The highest BCUT2D eigenvalue weighted by molar-refractivity contribution is 5.96. The number of carbonyl (C=O) groups excluding carboxylic acids is 2. The van der Waals surface area contributed by atoms with Crippen molar-refractivity contribution >= 4 is 17.5 Å². The highest BCUT2D eigenvalue weighted by atomic mass is 16.5. The maximum absolute atomic E-state index is 12.4. The van der Waals surface area contributed by atoms with Crippen LogP contribution in [0.25, 0.3) is 0 Å². The number of nitrogens with zero attached hydrogens (tertiary/aromatic N) is 1. The standard InChI is InChI=1S/C23H28N2O3/c1-3-17(2)20-8-4-5-9-21(20)28-16-22(26)24-19-12-10-18(11-13-19)23(27)25-14-6-7-15-25/h4-5,8-13,17H,3,6-7,14-16H2,1-2H3,(H,24,26)/t17-/m1/s1. The third-order valence-electron chi connectivity index (χ3n) is 5.23. The summed E-state index contributed by atoms with van der Waals surface area (Å²) in [6, 6.07) is 14.9. The number of hydrogen-bond donors (Lipinski definition) is 1. The number of hydrogen-bond acceptors (Lipinski definition) is 3. The van der Waals surface area contributed by atoms with Crippen LogP contribution in [0.15, 0.2) is 48.5 Å². The summed E-state index contributed by atoms with van der Waals surface area (Å²) in [5.41, 5.74) is 2.42. The Morgan fingerprint density at radius 3 is 2.43 bits per heavy atom. The van der Waals surface area contributed by atoms with Crippen molar-refractivity contribution in [2.45, 2.75) is 39.0 Å². The molecular formula is C23H28N2O3. The Balaban J connectivity index is 1.55. The van der Waals surface area contributed by atoms with E-state index in [1.807, 2.05) is 29.2 Å². The van der Waals surface area contributed by atoms with Crippen LogP contribution in [0.2, 0.25) is 0 Å². The molecule has 5 heteroatoms. The molecule has 0 spiro atoms. The largest absolute Gasteiger partial charge is 0.483 e. The van der Waals surface area contributed by atoms with E-state index >= 15 is 0 Å². The number of ether oxygens (including phenoxy) is 1. The number of anilines is 1. The molecule has 1 aliphatic heterocycles. The molecule has 1 atom stereocenters. The number of amides is 2. The molecule has 1 aliphatic rings. The van der Waals surface area contributed by atoms with Crippen molar-refractivity contribution in [3.63, 3.8) is 0 Å². The van der Waals surface area contributed by atoms with E-state index in [1.54, 1.807) is 24.3 Å². The zero-order valence-electron chi connectivity index (χ0n) is 16.6. The fourth-order valence-corrected chi connectivity index (χ4v) is 3.38. The van der Waals surface area contributed by atoms with Crippen molar-refractivity contribution in [2.75, 3.05) is 25.0 Å². The van der Waals surface area contributed by atoms with Gasteiger partial charge in [0.2, 0.25) is 0 Å². The van der Waals surface area contributed by atoms with Crippen molar-refractivity contribution < 1.29 is 14.3 Å². The molecule has 2 aromatic rings. The molecule has 1 saturated heterocycles. The van der Waals surface area contributed by atoms with Crippen molar-refractivity contribution in [1.82, 2.24) is 4.90 Å². The van der Waals surface area contributed by atoms with Crippen LogP contribution in [0.3, 0.4) is 0 Å². The minimum absolute atomic E-state index is 0.0537. The van der Waals surface area contributed by atoms with E-state index in [-0.39, 0.29) is 18.4 Å². The Morgan fingerprint density at radius 2 is 1.75 bits per heavy atom. The molecule has 148 valence electrons. The Hall–Kier alpha value is -2.82. The predicted octanol–water partition coefficient (Wildman–Crippen LogP) is 4.45. The van der Waals surface area contributed by atoms with Crippen LogP contribution in [0.4, 0.5) is 5.69 Å². The lowest BCUT2D eigenvalue weighted by molar-refractivity contribution is -0.118. The van der Waals surface area contributed by atoms with Gasteiger partial charge < -0.3 is 15.0 Å². The van der Waals surface area contributed by atoms with Gasteiger partial charge in [0.05, 0.1) is 0 Å². The summed E-state index contributed by atoms with van der Waals surface area (Å²) in [4.78, 5) is 26.5. The zero-order valence-corrected chi connectivity index (χ0v) is 16.6. The van der Waals surface area contributed by atoms with Crippen LogP contribution in [0.5, 0.6) is 5.75 Å².